The van der Waals surface area contributed by atoms with Gasteiger partial charge in [0, 0.05) is 6.54 Å². The molecule has 0 bridgehead atoms. The molecule has 0 unspecified atom stereocenters. The van der Waals surface area contributed by atoms with Crippen molar-refractivity contribution in [2.24, 2.45) is 0 Å². The number of rotatable bonds is 9. The molecule has 0 heterocycles. The van der Waals surface area contributed by atoms with E-state index in [9.17, 15) is 23.4 Å². The molecule has 0 amide bonds. The Hall–Kier alpha value is -2.91. The molecule has 0 spiro atoms. The van der Waals surface area contributed by atoms with Crippen LogP contribution < -0.4 is 5.32 Å². The second-order valence-corrected chi connectivity index (χ2v) is 8.96. The number of halogens is 1. The highest BCUT2D eigenvalue weighted by Gasteiger charge is 2.21. The first-order chi connectivity index (χ1) is 14.8. The van der Waals surface area contributed by atoms with E-state index in [1.54, 1.807) is 12.1 Å². The van der Waals surface area contributed by atoms with Crippen LogP contribution in [0.1, 0.15) is 27.6 Å². The Morgan fingerprint density at radius 1 is 0.938 bits per heavy atom. The summed E-state index contributed by atoms with van der Waals surface area (Å²) in [5.41, 5.74) is 1.28. The average molecular weight is 478 g/mol. The van der Waals surface area contributed by atoms with Gasteiger partial charge < -0.3 is 20.6 Å². The quantitative estimate of drug-likeness (QED) is 0.349. The molecule has 0 radical (unpaired) electrons. The zero-order valence-corrected chi connectivity index (χ0v) is 18.6. The number of carbonyl (C=O) groups is 1. The highest BCUT2D eigenvalue weighted by Crippen LogP contribution is 2.26. The predicted molar refractivity (Wildman–Crippen MR) is 122 cm³/mol. The van der Waals surface area contributed by atoms with Gasteiger partial charge in [-0.05, 0) is 54.4 Å². The number of hydrogen-bond donors (Lipinski definition) is 4. The van der Waals surface area contributed by atoms with Crippen molar-refractivity contribution in [3.05, 3.63) is 89.5 Å². The van der Waals surface area contributed by atoms with Crippen LogP contribution in [-0.2, 0) is 16.3 Å². The Morgan fingerprint density at radius 3 is 2.19 bits per heavy atom. The van der Waals surface area contributed by atoms with Crippen molar-refractivity contribution in [3.63, 3.8) is 0 Å². The van der Waals surface area contributed by atoms with Crippen LogP contribution in [0.2, 0.25) is 0 Å². The Balaban J connectivity index is 0.00000363. The van der Waals surface area contributed by atoms with Gasteiger partial charge in [0.05, 0.1) is 15.9 Å². The fourth-order valence-electron chi connectivity index (χ4n) is 3.09. The zero-order chi connectivity index (χ0) is 22.4. The van der Waals surface area contributed by atoms with Gasteiger partial charge in [-0.3, -0.25) is 0 Å². The molecule has 1 atom stereocenters. The summed E-state index contributed by atoms with van der Waals surface area (Å²) < 4.78 is 25.6. The maximum atomic E-state index is 12.8. The van der Waals surface area contributed by atoms with E-state index in [-0.39, 0.29) is 22.2 Å². The number of aromatic carboxylic acids is 1. The second-order valence-electron chi connectivity index (χ2n) is 7.01. The molecule has 0 saturated heterocycles. The van der Waals surface area contributed by atoms with Crippen molar-refractivity contribution in [1.82, 2.24) is 5.32 Å². The van der Waals surface area contributed by atoms with Crippen LogP contribution in [0, 0.1) is 0 Å². The number of aliphatic hydroxyl groups excluding tert-OH is 1. The highest BCUT2D eigenvalue weighted by molar-refractivity contribution is 7.91. The molecule has 3 rings (SSSR count). The summed E-state index contributed by atoms with van der Waals surface area (Å²) in [7, 11) is -3.92. The van der Waals surface area contributed by atoms with E-state index in [0.717, 1.165) is 23.3 Å². The van der Waals surface area contributed by atoms with Crippen LogP contribution in [0.3, 0.4) is 0 Å². The summed E-state index contributed by atoms with van der Waals surface area (Å²) in [6.45, 7) is 1.01. The van der Waals surface area contributed by atoms with Crippen molar-refractivity contribution >= 4 is 28.2 Å². The summed E-state index contributed by atoms with van der Waals surface area (Å²) in [5, 5.41) is 32.0. The molecular formula is C23H24ClNO6S. The number of aromatic hydroxyl groups is 1. The minimum absolute atomic E-state index is 0. The number of nitrogens with one attached hydrogen (secondary N) is 1. The topological polar surface area (TPSA) is 124 Å². The number of phenols is 1. The molecule has 170 valence electrons. The zero-order valence-electron chi connectivity index (χ0n) is 17.0. The molecule has 9 heteroatoms. The van der Waals surface area contributed by atoms with E-state index < -0.39 is 33.2 Å². The minimum Gasteiger partial charge on any atom is -0.507 e. The number of aliphatic hydroxyl groups is 1. The van der Waals surface area contributed by atoms with Gasteiger partial charge in [-0.15, -0.1) is 12.4 Å². The summed E-state index contributed by atoms with van der Waals surface area (Å²) in [5.74, 6) is -1.90. The molecule has 0 fully saturated rings. The van der Waals surface area contributed by atoms with Gasteiger partial charge in [0.1, 0.15) is 11.3 Å². The molecule has 3 aromatic rings. The van der Waals surface area contributed by atoms with Crippen molar-refractivity contribution < 1.29 is 28.5 Å². The molecule has 0 aliphatic carbocycles. The number of carboxylic acids is 1. The van der Waals surface area contributed by atoms with Crippen molar-refractivity contribution in [2.75, 3.05) is 13.1 Å². The fraction of sp³-hybridized carbons (Fsp3) is 0.174. The third-order valence-electron chi connectivity index (χ3n) is 4.85. The van der Waals surface area contributed by atoms with Crippen molar-refractivity contribution in [3.8, 4) is 5.75 Å². The Kier molecular flexibility index (Phi) is 8.80. The number of hydrogen-bond acceptors (Lipinski definition) is 6. The van der Waals surface area contributed by atoms with E-state index in [0.29, 0.717) is 19.5 Å². The molecule has 0 aromatic heterocycles. The molecule has 32 heavy (non-hydrogen) atoms. The van der Waals surface area contributed by atoms with Crippen molar-refractivity contribution in [2.45, 2.75) is 22.3 Å². The lowest BCUT2D eigenvalue weighted by atomic mass is 10.1. The van der Waals surface area contributed by atoms with Gasteiger partial charge in [0.15, 0.2) is 0 Å². The normalized spacial score (nSPS) is 12.0. The maximum absolute atomic E-state index is 12.8. The first kappa shape index (κ1) is 25.4. The van der Waals surface area contributed by atoms with Gasteiger partial charge >= 0.3 is 5.97 Å². The lowest BCUT2D eigenvalue weighted by molar-refractivity contribution is 0.0693. The summed E-state index contributed by atoms with van der Waals surface area (Å²) in [6.07, 6.45) is 0.0410. The van der Waals surface area contributed by atoms with E-state index in [1.807, 2.05) is 30.3 Å². The molecule has 3 aromatic carbocycles. The van der Waals surface area contributed by atoms with Gasteiger partial charge in [0.2, 0.25) is 9.84 Å². The smallest absolute Gasteiger partial charge is 0.339 e. The molecule has 0 aliphatic rings. The fourth-order valence-corrected chi connectivity index (χ4v) is 4.38. The van der Waals surface area contributed by atoms with Crippen LogP contribution in [0.15, 0.2) is 82.6 Å². The standard InChI is InChI=1S/C23H23NO6S.ClH/c25-21-11-10-19(14-20(21)23(27)28)31(29,30)18-8-6-16(7-9-18)12-13-24-15-22(26)17-4-2-1-3-5-17;/h1-11,14,22,24-26H,12-13,15H2,(H,27,28);1H/t22-;/m1./s1. The second kappa shape index (κ2) is 11.1. The monoisotopic (exact) mass is 477 g/mol. The first-order valence-electron chi connectivity index (χ1n) is 9.63. The van der Waals surface area contributed by atoms with Gasteiger partial charge in [-0.1, -0.05) is 42.5 Å². The third-order valence-corrected chi connectivity index (χ3v) is 6.62. The largest absolute Gasteiger partial charge is 0.507 e. The van der Waals surface area contributed by atoms with Crippen LogP contribution in [-0.4, -0.2) is 42.8 Å². The Bertz CT molecular complexity index is 1150. The van der Waals surface area contributed by atoms with E-state index in [4.69, 9.17) is 5.11 Å². The maximum Gasteiger partial charge on any atom is 0.339 e. The molecule has 7 nitrogen and oxygen atoms in total. The Morgan fingerprint density at radius 2 is 1.56 bits per heavy atom. The molecular weight excluding hydrogens is 454 g/mol. The van der Waals surface area contributed by atoms with E-state index in [2.05, 4.69) is 5.32 Å². The number of benzene rings is 3. The molecule has 4 N–H and O–H groups in total. The summed E-state index contributed by atoms with van der Waals surface area (Å²) in [4.78, 5) is 11.0. The van der Waals surface area contributed by atoms with Crippen LogP contribution in [0.4, 0.5) is 0 Å². The first-order valence-corrected chi connectivity index (χ1v) is 11.1. The van der Waals surface area contributed by atoms with Crippen LogP contribution in [0.25, 0.3) is 0 Å². The lowest BCUT2D eigenvalue weighted by Crippen LogP contribution is -2.23. The SMILES string of the molecule is Cl.O=C(O)c1cc(S(=O)(=O)c2ccc(CCNC[C@@H](O)c3ccccc3)cc2)ccc1O. The third kappa shape index (κ3) is 6.08. The molecule has 0 aliphatic heterocycles. The highest BCUT2D eigenvalue weighted by atomic mass is 35.5. The molecule has 0 saturated carbocycles. The lowest BCUT2D eigenvalue weighted by Gasteiger charge is -2.12. The van der Waals surface area contributed by atoms with Gasteiger partial charge in [-0.2, -0.15) is 0 Å². The Labute approximate surface area is 192 Å². The van der Waals surface area contributed by atoms with Crippen molar-refractivity contribution in [1.29, 1.82) is 0 Å². The van der Waals surface area contributed by atoms with Crippen LogP contribution >= 0.6 is 12.4 Å². The minimum atomic E-state index is -3.92. The number of sulfone groups is 1. The van der Waals surface area contributed by atoms with E-state index in [1.165, 1.54) is 18.2 Å². The van der Waals surface area contributed by atoms with E-state index >= 15 is 0 Å². The van der Waals surface area contributed by atoms with Gasteiger partial charge in [0.25, 0.3) is 0 Å². The summed E-state index contributed by atoms with van der Waals surface area (Å²) in [6, 6.07) is 18.9. The number of carboxylic acid groups (broad SMARTS) is 1. The predicted octanol–water partition coefficient (Wildman–Crippen LogP) is 3.21. The average Bonchev–Trinajstić information content (AvgIpc) is 2.77. The van der Waals surface area contributed by atoms with Gasteiger partial charge in [-0.25, -0.2) is 13.2 Å². The van der Waals surface area contributed by atoms with Crippen LogP contribution in [0.5, 0.6) is 5.75 Å². The summed E-state index contributed by atoms with van der Waals surface area (Å²) >= 11 is 0.